The lowest BCUT2D eigenvalue weighted by Crippen LogP contribution is -2.43. The van der Waals surface area contributed by atoms with Crippen LogP contribution in [0.4, 0.5) is 0 Å². The minimum atomic E-state index is -0.617. The quantitative estimate of drug-likeness (QED) is 0.744. The van der Waals surface area contributed by atoms with E-state index in [1.54, 1.807) is 6.07 Å². The number of rotatable bonds is 5. The zero-order valence-corrected chi connectivity index (χ0v) is 15.0. The van der Waals surface area contributed by atoms with Crippen molar-refractivity contribution in [3.8, 4) is 0 Å². The molecule has 25 heavy (non-hydrogen) atoms. The number of likely N-dealkylation sites (tertiary alicyclic amines) is 1. The van der Waals surface area contributed by atoms with Gasteiger partial charge in [-0.1, -0.05) is 6.92 Å². The molecule has 6 nitrogen and oxygen atoms in total. The molecule has 0 saturated carbocycles. The van der Waals surface area contributed by atoms with Crippen molar-refractivity contribution in [2.75, 3.05) is 26.2 Å². The Morgan fingerprint density at radius 1 is 1.36 bits per heavy atom. The Balaban J connectivity index is 1.53. The molecule has 3 N–H and O–H groups in total. The summed E-state index contributed by atoms with van der Waals surface area (Å²) in [6, 6.07) is 1.72. The van der Waals surface area contributed by atoms with Crippen LogP contribution in [0.3, 0.4) is 0 Å². The number of β-amino-alcohol motifs (C(OH)–C–C–N with tert-alkyl or cyclic N) is 1. The zero-order chi connectivity index (χ0) is 17.8. The van der Waals surface area contributed by atoms with Gasteiger partial charge in [0.1, 0.15) is 5.56 Å². The summed E-state index contributed by atoms with van der Waals surface area (Å²) < 4.78 is 0. The first-order valence-electron chi connectivity index (χ1n) is 9.46. The number of hydrogen-bond acceptors (Lipinski definition) is 4. The minimum Gasteiger partial charge on any atom is -0.390 e. The average molecular weight is 347 g/mol. The number of aromatic amines is 1. The van der Waals surface area contributed by atoms with Crippen molar-refractivity contribution in [1.29, 1.82) is 0 Å². The molecule has 1 aromatic rings. The fourth-order valence-electron chi connectivity index (χ4n) is 3.76. The molecule has 3 rings (SSSR count). The Kier molecular flexibility index (Phi) is 5.91. The summed E-state index contributed by atoms with van der Waals surface area (Å²) in [5, 5.41) is 12.9. The van der Waals surface area contributed by atoms with Crippen LogP contribution in [0.2, 0.25) is 0 Å². The number of hydrogen-bond donors (Lipinski definition) is 3. The topological polar surface area (TPSA) is 85.4 Å². The van der Waals surface area contributed by atoms with Crippen molar-refractivity contribution < 1.29 is 9.90 Å². The number of aliphatic hydroxyl groups excluding tert-OH is 1. The lowest BCUT2D eigenvalue weighted by Gasteiger charge is -2.31. The van der Waals surface area contributed by atoms with E-state index < -0.39 is 12.0 Å². The number of nitrogens with one attached hydrogen (secondary N) is 2. The van der Waals surface area contributed by atoms with Gasteiger partial charge in [0.25, 0.3) is 11.5 Å². The van der Waals surface area contributed by atoms with Crippen molar-refractivity contribution in [2.24, 2.45) is 5.92 Å². The van der Waals surface area contributed by atoms with Gasteiger partial charge in [-0.2, -0.15) is 0 Å². The Labute approximate surface area is 148 Å². The van der Waals surface area contributed by atoms with E-state index in [1.807, 2.05) is 0 Å². The first-order chi connectivity index (χ1) is 12.0. The number of pyridine rings is 1. The Morgan fingerprint density at radius 2 is 2.08 bits per heavy atom. The van der Waals surface area contributed by atoms with Crippen molar-refractivity contribution in [3.05, 3.63) is 33.2 Å². The normalized spacial score (nSPS) is 20.1. The summed E-state index contributed by atoms with van der Waals surface area (Å²) in [5.41, 5.74) is 1.85. The summed E-state index contributed by atoms with van der Waals surface area (Å²) in [5.74, 6) is 0.352. The third-order valence-corrected chi connectivity index (χ3v) is 5.43. The van der Waals surface area contributed by atoms with Crippen LogP contribution in [0.1, 0.15) is 54.2 Å². The number of carbonyl (C=O) groups excluding carboxylic acids is 1. The predicted molar refractivity (Wildman–Crippen MR) is 96.9 cm³/mol. The standard InChI is InChI=1S/C19H29N3O3/c1-13-6-8-22(9-7-13)12-15(23)11-20-18(24)16-10-14-4-2-3-5-17(14)21-19(16)25/h10,13,15,23H,2-9,11-12H2,1H3,(H,20,24)(H,21,25). The lowest BCUT2D eigenvalue weighted by atomic mass is 9.95. The molecule has 1 aliphatic heterocycles. The Morgan fingerprint density at radius 3 is 2.84 bits per heavy atom. The molecule has 1 aliphatic carbocycles. The van der Waals surface area contributed by atoms with Gasteiger partial charge in [-0.3, -0.25) is 9.59 Å². The van der Waals surface area contributed by atoms with Gasteiger partial charge in [-0.15, -0.1) is 0 Å². The number of aryl methyl sites for hydroxylation is 2. The van der Waals surface area contributed by atoms with Gasteiger partial charge < -0.3 is 20.3 Å². The number of aromatic nitrogens is 1. The molecule has 1 aromatic heterocycles. The molecule has 1 atom stereocenters. The van der Waals surface area contributed by atoms with Crippen LogP contribution in [0.25, 0.3) is 0 Å². The maximum atomic E-state index is 12.3. The number of nitrogens with zero attached hydrogens (tertiary/aromatic N) is 1. The summed E-state index contributed by atoms with van der Waals surface area (Å²) in [7, 11) is 0. The molecular weight excluding hydrogens is 318 g/mol. The van der Waals surface area contributed by atoms with Gasteiger partial charge >= 0.3 is 0 Å². The molecule has 1 unspecified atom stereocenters. The van der Waals surface area contributed by atoms with Gasteiger partial charge in [0, 0.05) is 18.8 Å². The van der Waals surface area contributed by atoms with Crippen molar-refractivity contribution >= 4 is 5.91 Å². The average Bonchev–Trinajstić information content (AvgIpc) is 2.61. The molecule has 0 aromatic carbocycles. The molecule has 0 bridgehead atoms. The second-order valence-corrected chi connectivity index (χ2v) is 7.57. The van der Waals surface area contributed by atoms with E-state index in [4.69, 9.17) is 0 Å². The smallest absolute Gasteiger partial charge is 0.261 e. The van der Waals surface area contributed by atoms with Crippen LogP contribution in [-0.4, -0.2) is 53.2 Å². The van der Waals surface area contributed by atoms with Gasteiger partial charge in [0.05, 0.1) is 6.10 Å². The number of H-pyrrole nitrogens is 1. The van der Waals surface area contributed by atoms with Crippen LogP contribution in [0.5, 0.6) is 0 Å². The third kappa shape index (κ3) is 4.70. The van der Waals surface area contributed by atoms with Gasteiger partial charge in [0.2, 0.25) is 0 Å². The highest BCUT2D eigenvalue weighted by atomic mass is 16.3. The number of amides is 1. The summed E-state index contributed by atoms with van der Waals surface area (Å²) >= 11 is 0. The van der Waals surface area contributed by atoms with Crippen LogP contribution in [0, 0.1) is 5.92 Å². The summed E-state index contributed by atoms with van der Waals surface area (Å²) in [6.07, 6.45) is 5.65. The largest absolute Gasteiger partial charge is 0.390 e. The van der Waals surface area contributed by atoms with E-state index >= 15 is 0 Å². The number of piperidine rings is 1. The molecule has 2 aliphatic rings. The van der Waals surface area contributed by atoms with Crippen molar-refractivity contribution in [2.45, 2.75) is 51.6 Å². The fraction of sp³-hybridized carbons (Fsp3) is 0.684. The molecule has 0 spiro atoms. The van der Waals surface area contributed by atoms with Gasteiger partial charge in [-0.25, -0.2) is 0 Å². The number of aliphatic hydroxyl groups is 1. The molecule has 138 valence electrons. The SMILES string of the molecule is CC1CCN(CC(O)CNC(=O)c2cc3c([nH]c2=O)CCCC3)CC1. The maximum absolute atomic E-state index is 12.3. The first kappa shape index (κ1) is 18.1. The molecule has 2 heterocycles. The summed E-state index contributed by atoms with van der Waals surface area (Å²) in [6.45, 7) is 4.98. The Bertz CT molecular complexity index is 662. The lowest BCUT2D eigenvalue weighted by molar-refractivity contribution is 0.0794. The highest BCUT2D eigenvalue weighted by Crippen LogP contribution is 2.18. The highest BCUT2D eigenvalue weighted by molar-refractivity contribution is 5.94. The van der Waals surface area contributed by atoms with E-state index in [0.29, 0.717) is 6.54 Å². The second-order valence-electron chi connectivity index (χ2n) is 7.57. The molecule has 6 heteroatoms. The number of carbonyl (C=O) groups is 1. The van der Waals surface area contributed by atoms with E-state index in [-0.39, 0.29) is 17.7 Å². The number of fused-ring (bicyclic) bond motifs is 1. The van der Waals surface area contributed by atoms with E-state index in [9.17, 15) is 14.7 Å². The van der Waals surface area contributed by atoms with E-state index in [1.165, 1.54) is 0 Å². The predicted octanol–water partition coefficient (Wildman–Crippen LogP) is 1.08. The molecule has 1 saturated heterocycles. The molecule has 1 amide bonds. The van der Waals surface area contributed by atoms with Crippen LogP contribution in [-0.2, 0) is 12.8 Å². The highest BCUT2D eigenvalue weighted by Gasteiger charge is 2.20. The third-order valence-electron chi connectivity index (χ3n) is 5.43. The van der Waals surface area contributed by atoms with Crippen molar-refractivity contribution in [1.82, 2.24) is 15.2 Å². The van der Waals surface area contributed by atoms with E-state index in [2.05, 4.69) is 22.1 Å². The molecule has 1 fully saturated rings. The van der Waals surface area contributed by atoms with Gasteiger partial charge in [0.15, 0.2) is 0 Å². The van der Waals surface area contributed by atoms with Crippen LogP contribution in [0.15, 0.2) is 10.9 Å². The monoisotopic (exact) mass is 347 g/mol. The zero-order valence-electron chi connectivity index (χ0n) is 15.0. The fourth-order valence-corrected chi connectivity index (χ4v) is 3.76. The van der Waals surface area contributed by atoms with Crippen LogP contribution >= 0.6 is 0 Å². The minimum absolute atomic E-state index is 0.152. The first-order valence-corrected chi connectivity index (χ1v) is 9.46. The molecular formula is C19H29N3O3. The van der Waals surface area contributed by atoms with Crippen LogP contribution < -0.4 is 10.9 Å². The summed E-state index contributed by atoms with van der Waals surface area (Å²) in [4.78, 5) is 29.6. The molecule has 0 radical (unpaired) electrons. The van der Waals surface area contributed by atoms with E-state index in [0.717, 1.165) is 68.8 Å². The second kappa shape index (κ2) is 8.15. The van der Waals surface area contributed by atoms with Crippen molar-refractivity contribution in [3.63, 3.8) is 0 Å². The van der Waals surface area contributed by atoms with Gasteiger partial charge in [-0.05, 0) is 69.2 Å². The Hall–Kier alpha value is -1.66. The maximum Gasteiger partial charge on any atom is 0.261 e.